The fourth-order valence-electron chi connectivity index (χ4n) is 3.19. The molecule has 140 valence electrons. The molecule has 3 aromatic rings. The summed E-state index contributed by atoms with van der Waals surface area (Å²) in [6.07, 6.45) is 2.10. The molecule has 4 rings (SSSR count). The molecular formula is C21H21FN2O2S. The number of nitrogens with zero attached hydrogens (tertiary/aromatic N) is 1. The van der Waals surface area contributed by atoms with Crippen LogP contribution in [0.2, 0.25) is 0 Å². The molecule has 1 saturated carbocycles. The van der Waals surface area contributed by atoms with Crippen molar-refractivity contribution in [1.82, 2.24) is 4.98 Å². The molecular weight excluding hydrogens is 363 g/mol. The number of carbonyl (C=O) groups is 1. The fraction of sp³-hybridized carbons (Fsp3) is 0.333. The van der Waals surface area contributed by atoms with E-state index < -0.39 is 0 Å². The molecule has 2 atom stereocenters. The maximum absolute atomic E-state index is 13.1. The molecule has 4 nitrogen and oxygen atoms in total. The third kappa shape index (κ3) is 4.11. The lowest BCUT2D eigenvalue weighted by atomic mass is 10.1. The minimum Gasteiger partial charge on any atom is -0.466 e. The number of hydrogen-bond donors (Lipinski definition) is 1. The normalized spacial score (nSPS) is 18.5. The summed E-state index contributed by atoms with van der Waals surface area (Å²) in [6.45, 7) is 4.16. The summed E-state index contributed by atoms with van der Waals surface area (Å²) in [7, 11) is 0. The number of rotatable bonds is 6. The van der Waals surface area contributed by atoms with E-state index in [1.165, 1.54) is 29.9 Å². The first-order valence-corrected chi connectivity index (χ1v) is 9.93. The van der Waals surface area contributed by atoms with E-state index in [2.05, 4.69) is 17.2 Å². The number of thiazole rings is 1. The van der Waals surface area contributed by atoms with Gasteiger partial charge in [0.15, 0.2) is 5.13 Å². The molecule has 0 radical (unpaired) electrons. The number of carbonyl (C=O) groups excluding carboxylic acids is 1. The average molecular weight is 384 g/mol. The first-order chi connectivity index (χ1) is 13.0. The number of aryl methyl sites for hydroxylation is 2. The highest BCUT2D eigenvalue weighted by Crippen LogP contribution is 2.47. The van der Waals surface area contributed by atoms with E-state index >= 15 is 0 Å². The first kappa shape index (κ1) is 17.9. The molecule has 0 unspecified atom stereocenters. The minimum atomic E-state index is -0.280. The van der Waals surface area contributed by atoms with E-state index in [1.807, 2.05) is 19.1 Å². The Kier molecular flexibility index (Phi) is 4.83. The van der Waals surface area contributed by atoms with Crippen LogP contribution in [0.4, 0.5) is 9.52 Å². The zero-order chi connectivity index (χ0) is 19.0. The number of anilines is 1. The summed E-state index contributed by atoms with van der Waals surface area (Å²) in [5.74, 6) is 2.77. The first-order valence-electron chi connectivity index (χ1n) is 9.11. The minimum absolute atomic E-state index is 0.0906. The van der Waals surface area contributed by atoms with Gasteiger partial charge in [-0.05, 0) is 55.7 Å². The van der Waals surface area contributed by atoms with Crippen molar-refractivity contribution in [2.45, 2.75) is 39.0 Å². The third-order valence-corrected chi connectivity index (χ3v) is 5.80. The van der Waals surface area contributed by atoms with Crippen molar-refractivity contribution in [1.29, 1.82) is 0 Å². The van der Waals surface area contributed by atoms with Gasteiger partial charge in [0.1, 0.15) is 17.3 Å². The number of nitrogens with one attached hydrogen (secondary N) is 1. The number of benzene rings is 1. The molecule has 27 heavy (non-hydrogen) atoms. The zero-order valence-corrected chi connectivity index (χ0v) is 16.1. The highest BCUT2D eigenvalue weighted by Gasteiger charge is 2.36. The Hall–Kier alpha value is -2.47. The summed E-state index contributed by atoms with van der Waals surface area (Å²) in [5.41, 5.74) is 1.60. The average Bonchev–Trinajstić information content (AvgIpc) is 3.04. The fourth-order valence-corrected chi connectivity index (χ4v) is 4.04. The lowest BCUT2D eigenvalue weighted by Gasteiger charge is -2.01. The zero-order valence-electron chi connectivity index (χ0n) is 15.3. The molecule has 1 aliphatic carbocycles. The van der Waals surface area contributed by atoms with Gasteiger partial charge >= 0.3 is 0 Å². The molecule has 2 aromatic heterocycles. The van der Waals surface area contributed by atoms with Crippen LogP contribution in [0.3, 0.4) is 0 Å². The van der Waals surface area contributed by atoms with Gasteiger partial charge in [-0.1, -0.05) is 6.92 Å². The van der Waals surface area contributed by atoms with Crippen molar-refractivity contribution in [3.8, 4) is 11.3 Å². The topological polar surface area (TPSA) is 55.1 Å². The van der Waals surface area contributed by atoms with Crippen LogP contribution in [0.25, 0.3) is 11.3 Å². The molecule has 0 spiro atoms. The quantitative estimate of drug-likeness (QED) is 0.607. The van der Waals surface area contributed by atoms with E-state index in [1.54, 1.807) is 12.1 Å². The highest BCUT2D eigenvalue weighted by molar-refractivity contribution is 7.16. The summed E-state index contributed by atoms with van der Waals surface area (Å²) in [5, 5.41) is 3.42. The predicted octanol–water partition coefficient (Wildman–Crippen LogP) is 5.55. The number of aromatic nitrogens is 1. The molecule has 1 fully saturated rings. The Morgan fingerprint density at radius 3 is 2.74 bits per heavy atom. The number of halogens is 1. The van der Waals surface area contributed by atoms with Gasteiger partial charge in [-0.15, -0.1) is 11.3 Å². The Balaban J connectivity index is 1.35. The van der Waals surface area contributed by atoms with Crippen LogP contribution in [-0.2, 0) is 11.2 Å². The van der Waals surface area contributed by atoms with E-state index in [9.17, 15) is 9.18 Å². The molecule has 0 aliphatic heterocycles. The van der Waals surface area contributed by atoms with E-state index in [4.69, 9.17) is 4.42 Å². The van der Waals surface area contributed by atoms with Gasteiger partial charge in [-0.2, -0.15) is 0 Å². The van der Waals surface area contributed by atoms with Gasteiger partial charge in [0, 0.05) is 29.2 Å². The molecule has 1 amide bonds. The second-order valence-corrected chi connectivity index (χ2v) is 8.31. The maximum atomic E-state index is 13.1. The summed E-state index contributed by atoms with van der Waals surface area (Å²) in [6, 6.07) is 10.2. The molecule has 2 heterocycles. The maximum Gasteiger partial charge on any atom is 0.226 e. The van der Waals surface area contributed by atoms with Crippen molar-refractivity contribution in [3.63, 3.8) is 0 Å². The van der Waals surface area contributed by atoms with Crippen molar-refractivity contribution in [2.24, 2.45) is 5.92 Å². The Labute approximate surface area is 161 Å². The third-order valence-electron chi connectivity index (χ3n) is 4.92. The second-order valence-electron chi connectivity index (χ2n) is 7.10. The molecule has 1 aromatic carbocycles. The van der Waals surface area contributed by atoms with Gasteiger partial charge < -0.3 is 9.73 Å². The van der Waals surface area contributed by atoms with Gasteiger partial charge in [0.25, 0.3) is 0 Å². The van der Waals surface area contributed by atoms with Crippen LogP contribution in [0.15, 0.2) is 40.8 Å². The van der Waals surface area contributed by atoms with Crippen molar-refractivity contribution < 1.29 is 13.6 Å². The van der Waals surface area contributed by atoms with Crippen LogP contribution in [0, 0.1) is 18.7 Å². The van der Waals surface area contributed by atoms with Gasteiger partial charge in [0.05, 0.1) is 5.69 Å². The van der Waals surface area contributed by atoms with E-state index in [0.29, 0.717) is 29.8 Å². The van der Waals surface area contributed by atoms with E-state index in [-0.39, 0.29) is 11.7 Å². The number of furan rings is 1. The van der Waals surface area contributed by atoms with Gasteiger partial charge in [0.2, 0.25) is 5.91 Å². The monoisotopic (exact) mass is 384 g/mol. The van der Waals surface area contributed by atoms with Crippen LogP contribution in [0.5, 0.6) is 0 Å². The Morgan fingerprint density at radius 1 is 1.30 bits per heavy atom. The van der Waals surface area contributed by atoms with E-state index in [0.717, 1.165) is 27.7 Å². The lowest BCUT2D eigenvalue weighted by Crippen LogP contribution is -2.11. The summed E-state index contributed by atoms with van der Waals surface area (Å²) < 4.78 is 18.9. The number of amides is 1. The Morgan fingerprint density at radius 2 is 2.04 bits per heavy atom. The molecule has 0 bridgehead atoms. The lowest BCUT2D eigenvalue weighted by molar-refractivity contribution is -0.116. The second kappa shape index (κ2) is 7.27. The van der Waals surface area contributed by atoms with Crippen molar-refractivity contribution >= 4 is 22.4 Å². The smallest absolute Gasteiger partial charge is 0.226 e. The SMILES string of the molecule is Cc1sc(NC(=O)CCc2ccc([C@@H]3C[C@H]3C)o2)nc1-c1ccc(F)cc1. The van der Waals surface area contributed by atoms with Gasteiger partial charge in [-0.25, -0.2) is 9.37 Å². The molecule has 6 heteroatoms. The highest BCUT2D eigenvalue weighted by atomic mass is 32.1. The van der Waals surface area contributed by atoms with Crippen LogP contribution >= 0.6 is 11.3 Å². The van der Waals surface area contributed by atoms with Crippen LogP contribution in [-0.4, -0.2) is 10.9 Å². The van der Waals surface area contributed by atoms with Crippen LogP contribution in [0.1, 0.15) is 42.1 Å². The predicted molar refractivity (Wildman–Crippen MR) is 104 cm³/mol. The van der Waals surface area contributed by atoms with Crippen LogP contribution < -0.4 is 5.32 Å². The standard InChI is InChI=1S/C21H21FN2O2S/c1-12-11-17(12)18-9-7-16(26-18)8-10-19(25)23-21-24-20(13(2)27-21)14-3-5-15(22)6-4-14/h3-7,9,12,17H,8,10-11H2,1-2H3,(H,23,24,25)/t12-,17-/m1/s1. The molecule has 1 aliphatic rings. The van der Waals surface area contributed by atoms with Crippen molar-refractivity contribution in [3.05, 3.63) is 58.6 Å². The Bertz CT molecular complexity index is 961. The van der Waals surface area contributed by atoms with Crippen molar-refractivity contribution in [2.75, 3.05) is 5.32 Å². The summed E-state index contributed by atoms with van der Waals surface area (Å²) in [4.78, 5) is 17.7. The largest absolute Gasteiger partial charge is 0.466 e. The van der Waals surface area contributed by atoms with Gasteiger partial charge in [-0.3, -0.25) is 4.79 Å². The number of hydrogen-bond acceptors (Lipinski definition) is 4. The summed E-state index contributed by atoms with van der Waals surface area (Å²) >= 11 is 1.42. The molecule has 1 N–H and O–H groups in total. The molecule has 0 saturated heterocycles.